The third-order valence-electron chi connectivity index (χ3n) is 3.58. The normalized spacial score (nSPS) is 29.8. The fourth-order valence-electron chi connectivity index (χ4n) is 2.32. The molecule has 0 saturated carbocycles. The van der Waals surface area contributed by atoms with E-state index in [1.165, 1.54) is 0 Å². The Morgan fingerprint density at radius 2 is 2.00 bits per heavy atom. The van der Waals surface area contributed by atoms with Crippen molar-refractivity contribution >= 4 is 0 Å². The Morgan fingerprint density at radius 3 is 2.59 bits per heavy atom. The zero-order valence-electron chi connectivity index (χ0n) is 10.6. The summed E-state index contributed by atoms with van der Waals surface area (Å²) in [4.78, 5) is 4.15. The lowest BCUT2D eigenvalue weighted by molar-refractivity contribution is 0.00279. The van der Waals surface area contributed by atoms with Crippen molar-refractivity contribution in [3.05, 3.63) is 23.6 Å². The van der Waals surface area contributed by atoms with Gasteiger partial charge in [-0.25, -0.2) is 4.39 Å². The number of aliphatic hydroxyl groups is 1. The summed E-state index contributed by atoms with van der Waals surface area (Å²) in [6.45, 7) is 5.41. The molecule has 0 aromatic carbocycles. The molecule has 1 N–H and O–H groups in total. The van der Waals surface area contributed by atoms with Crippen LogP contribution in [-0.2, 0) is 0 Å². The van der Waals surface area contributed by atoms with Gasteiger partial charge in [0.1, 0.15) is 12.1 Å². The number of piperazine rings is 1. The first-order valence-corrected chi connectivity index (χ1v) is 6.26. The molecule has 3 nitrogen and oxygen atoms in total. The van der Waals surface area contributed by atoms with E-state index in [4.69, 9.17) is 0 Å². The Morgan fingerprint density at radius 1 is 1.35 bits per heavy atom. The van der Waals surface area contributed by atoms with Gasteiger partial charge in [0.2, 0.25) is 0 Å². The van der Waals surface area contributed by atoms with E-state index in [2.05, 4.69) is 11.9 Å². The highest BCUT2D eigenvalue weighted by molar-refractivity contribution is 5.32. The van der Waals surface area contributed by atoms with Crippen molar-refractivity contribution in [2.75, 3.05) is 33.2 Å². The van der Waals surface area contributed by atoms with Crippen molar-refractivity contribution in [1.29, 1.82) is 0 Å². The van der Waals surface area contributed by atoms with Crippen LogP contribution in [0, 0.1) is 5.92 Å². The Hall–Kier alpha value is -0.710. The van der Waals surface area contributed by atoms with Gasteiger partial charge < -0.3 is 10.0 Å². The van der Waals surface area contributed by atoms with E-state index in [1.54, 1.807) is 6.08 Å². The second kappa shape index (κ2) is 5.29. The van der Waals surface area contributed by atoms with Gasteiger partial charge in [-0.05, 0) is 25.5 Å². The van der Waals surface area contributed by atoms with Crippen molar-refractivity contribution in [3.8, 4) is 0 Å². The summed E-state index contributed by atoms with van der Waals surface area (Å²) >= 11 is 0. The Kier molecular flexibility index (Phi) is 3.97. The minimum absolute atomic E-state index is 0.235. The van der Waals surface area contributed by atoms with Crippen LogP contribution < -0.4 is 0 Å². The van der Waals surface area contributed by atoms with E-state index >= 15 is 0 Å². The lowest BCUT2D eigenvalue weighted by Crippen LogP contribution is -2.49. The van der Waals surface area contributed by atoms with Crippen LogP contribution in [0.5, 0.6) is 0 Å². The standard InChI is InChI=1S/C13H21FN2O/c1-10-3-4-11(12(14)9-10)13(17)16-7-5-15(2)6-8-16/h4,9-10,13,17H,3,5-8H2,1-2H3/t10-,13?/m1/s1. The molecule has 0 aromatic heterocycles. The summed E-state index contributed by atoms with van der Waals surface area (Å²) in [7, 11) is 2.06. The molecule has 1 aliphatic heterocycles. The van der Waals surface area contributed by atoms with E-state index in [1.807, 2.05) is 17.9 Å². The molecule has 0 bridgehead atoms. The molecular formula is C13H21FN2O. The largest absolute Gasteiger partial charge is 0.374 e. The average molecular weight is 240 g/mol. The van der Waals surface area contributed by atoms with E-state index in [0.29, 0.717) is 5.57 Å². The van der Waals surface area contributed by atoms with Crippen LogP contribution in [0.25, 0.3) is 0 Å². The summed E-state index contributed by atoms with van der Waals surface area (Å²) in [6, 6.07) is 0. The summed E-state index contributed by atoms with van der Waals surface area (Å²) in [5.74, 6) is -0.0198. The lowest BCUT2D eigenvalue weighted by Gasteiger charge is -2.36. The van der Waals surface area contributed by atoms with E-state index in [0.717, 1.165) is 32.6 Å². The van der Waals surface area contributed by atoms with Crippen molar-refractivity contribution in [1.82, 2.24) is 9.80 Å². The molecule has 4 heteroatoms. The van der Waals surface area contributed by atoms with Crippen LogP contribution in [0.2, 0.25) is 0 Å². The maximum atomic E-state index is 13.8. The highest BCUT2D eigenvalue weighted by Crippen LogP contribution is 2.27. The van der Waals surface area contributed by atoms with Gasteiger partial charge in [-0.1, -0.05) is 13.0 Å². The van der Waals surface area contributed by atoms with Crippen LogP contribution in [0.15, 0.2) is 23.6 Å². The van der Waals surface area contributed by atoms with Crippen LogP contribution in [0.4, 0.5) is 4.39 Å². The molecule has 1 saturated heterocycles. The van der Waals surface area contributed by atoms with Gasteiger partial charge in [0.25, 0.3) is 0 Å². The second-order valence-corrected chi connectivity index (χ2v) is 5.10. The first-order valence-electron chi connectivity index (χ1n) is 6.26. The van der Waals surface area contributed by atoms with Gasteiger partial charge in [-0.3, -0.25) is 4.90 Å². The number of nitrogens with zero attached hydrogens (tertiary/aromatic N) is 2. The van der Waals surface area contributed by atoms with Gasteiger partial charge in [0.15, 0.2) is 0 Å². The molecule has 1 fully saturated rings. The molecule has 0 aromatic rings. The van der Waals surface area contributed by atoms with Gasteiger partial charge in [-0.2, -0.15) is 0 Å². The molecule has 0 spiro atoms. The fourth-order valence-corrected chi connectivity index (χ4v) is 2.32. The van der Waals surface area contributed by atoms with Crippen molar-refractivity contribution in [3.63, 3.8) is 0 Å². The molecule has 96 valence electrons. The predicted octanol–water partition coefficient (Wildman–Crippen LogP) is 1.37. The fraction of sp³-hybridized carbons (Fsp3) is 0.692. The number of allylic oxidation sites excluding steroid dienone is 2. The Balaban J connectivity index is 2.00. The number of likely N-dealkylation sites (N-methyl/N-ethyl adjacent to an activating group) is 1. The summed E-state index contributed by atoms with van der Waals surface area (Å²) in [6.07, 6.45) is 3.47. The van der Waals surface area contributed by atoms with Crippen LogP contribution in [0.3, 0.4) is 0 Å². The second-order valence-electron chi connectivity index (χ2n) is 5.10. The van der Waals surface area contributed by atoms with Gasteiger partial charge in [-0.15, -0.1) is 0 Å². The third-order valence-corrected chi connectivity index (χ3v) is 3.58. The van der Waals surface area contributed by atoms with Crippen molar-refractivity contribution < 1.29 is 9.50 Å². The first kappa shape index (κ1) is 12.7. The molecule has 0 amide bonds. The summed E-state index contributed by atoms with van der Waals surface area (Å²) < 4.78 is 13.8. The SMILES string of the molecule is C[C@H]1C=C(F)C(C(O)N2CCN(C)CC2)=CC1. The van der Waals surface area contributed by atoms with Crippen molar-refractivity contribution in [2.45, 2.75) is 19.6 Å². The zero-order chi connectivity index (χ0) is 12.4. The Bertz CT molecular complexity index is 332. The molecule has 0 radical (unpaired) electrons. The molecule has 2 rings (SSSR count). The molecule has 2 aliphatic rings. The molecule has 1 heterocycles. The third kappa shape index (κ3) is 2.94. The number of hydrogen-bond acceptors (Lipinski definition) is 3. The smallest absolute Gasteiger partial charge is 0.136 e. The van der Waals surface area contributed by atoms with Gasteiger partial charge in [0, 0.05) is 31.8 Å². The zero-order valence-corrected chi connectivity index (χ0v) is 10.6. The maximum Gasteiger partial charge on any atom is 0.136 e. The van der Waals surface area contributed by atoms with E-state index in [9.17, 15) is 9.50 Å². The number of aliphatic hydroxyl groups excluding tert-OH is 1. The van der Waals surface area contributed by atoms with E-state index in [-0.39, 0.29) is 11.7 Å². The number of halogens is 1. The lowest BCUT2D eigenvalue weighted by atomic mass is 9.96. The summed E-state index contributed by atoms with van der Waals surface area (Å²) in [5.41, 5.74) is 0.452. The van der Waals surface area contributed by atoms with Crippen LogP contribution in [0.1, 0.15) is 13.3 Å². The van der Waals surface area contributed by atoms with Gasteiger partial charge >= 0.3 is 0 Å². The quantitative estimate of drug-likeness (QED) is 0.790. The predicted molar refractivity (Wildman–Crippen MR) is 66.1 cm³/mol. The molecule has 1 unspecified atom stereocenters. The monoisotopic (exact) mass is 240 g/mol. The molecule has 17 heavy (non-hydrogen) atoms. The number of hydrogen-bond donors (Lipinski definition) is 1. The molecule has 2 atom stereocenters. The Labute approximate surface area is 102 Å². The average Bonchev–Trinajstić information content (AvgIpc) is 2.29. The molecule has 1 aliphatic carbocycles. The highest BCUT2D eigenvalue weighted by Gasteiger charge is 2.27. The first-order chi connectivity index (χ1) is 8.08. The van der Waals surface area contributed by atoms with Crippen LogP contribution >= 0.6 is 0 Å². The van der Waals surface area contributed by atoms with E-state index < -0.39 is 6.23 Å². The highest BCUT2D eigenvalue weighted by atomic mass is 19.1. The minimum atomic E-state index is -0.785. The molecular weight excluding hydrogens is 219 g/mol. The summed E-state index contributed by atoms with van der Waals surface area (Å²) in [5, 5.41) is 10.2. The van der Waals surface area contributed by atoms with Crippen molar-refractivity contribution in [2.24, 2.45) is 5.92 Å². The maximum absolute atomic E-state index is 13.8. The van der Waals surface area contributed by atoms with Gasteiger partial charge in [0.05, 0.1) is 0 Å². The number of rotatable bonds is 2. The van der Waals surface area contributed by atoms with Crippen LogP contribution in [-0.4, -0.2) is 54.4 Å². The topological polar surface area (TPSA) is 26.7 Å². The minimum Gasteiger partial charge on any atom is -0.374 e.